The quantitative estimate of drug-likeness (QED) is 0.632. The van der Waals surface area contributed by atoms with E-state index in [9.17, 15) is 14.7 Å². The molecule has 2 rings (SSSR count). The fourth-order valence-corrected chi connectivity index (χ4v) is 3.16. The molecule has 0 aliphatic heterocycles. The van der Waals surface area contributed by atoms with Crippen LogP contribution in [0.2, 0.25) is 0 Å². The average Bonchev–Trinajstić information content (AvgIpc) is 2.65. The van der Waals surface area contributed by atoms with E-state index in [2.05, 4.69) is 41.5 Å². The number of aromatic hydroxyl groups is 1. The van der Waals surface area contributed by atoms with Gasteiger partial charge in [-0.15, -0.1) is 0 Å². The van der Waals surface area contributed by atoms with Crippen LogP contribution in [0.3, 0.4) is 0 Å². The SMILES string of the molecule is CC(C)(C)c1cc(CCC(N)=O)cc(C(C)(C)C)c1O.NC(=O)CCc1ccccc1. The molecule has 0 saturated heterocycles. The fraction of sp³-hybridized carbons (Fsp3) is 0.462. The first-order valence-corrected chi connectivity index (χ1v) is 10.7. The molecular weight excluding hydrogens is 388 g/mol. The van der Waals surface area contributed by atoms with Crippen molar-refractivity contribution in [3.8, 4) is 5.75 Å². The maximum absolute atomic E-state index is 11.0. The summed E-state index contributed by atoms with van der Waals surface area (Å²) < 4.78 is 0. The standard InChI is InChI=1S/C17H27NO2.C9H11NO/c1-16(2,3)12-9-11(7-8-14(18)19)10-13(15(12)20)17(4,5)6;10-9(11)7-6-8-4-2-1-3-5-8/h9-10,20H,7-8H2,1-6H3,(H2,18,19);1-5H,6-7H2,(H2,10,11). The van der Waals surface area contributed by atoms with Gasteiger partial charge in [-0.05, 0) is 45.9 Å². The Morgan fingerprint density at radius 3 is 1.48 bits per heavy atom. The first-order valence-electron chi connectivity index (χ1n) is 10.7. The van der Waals surface area contributed by atoms with E-state index >= 15 is 0 Å². The van der Waals surface area contributed by atoms with Crippen LogP contribution in [0.25, 0.3) is 0 Å². The zero-order chi connectivity index (χ0) is 23.8. The molecule has 5 nitrogen and oxygen atoms in total. The summed E-state index contributed by atoms with van der Waals surface area (Å²) in [5.41, 5.74) is 14.0. The maximum atomic E-state index is 11.0. The van der Waals surface area contributed by atoms with Gasteiger partial charge in [0.2, 0.25) is 11.8 Å². The van der Waals surface area contributed by atoms with Crippen LogP contribution in [0.15, 0.2) is 42.5 Å². The number of amides is 2. The van der Waals surface area contributed by atoms with Crippen LogP contribution >= 0.6 is 0 Å². The third-order valence-corrected chi connectivity index (χ3v) is 4.95. The molecule has 31 heavy (non-hydrogen) atoms. The summed E-state index contributed by atoms with van der Waals surface area (Å²) in [5.74, 6) is -0.172. The molecule has 0 spiro atoms. The Hall–Kier alpha value is -2.82. The van der Waals surface area contributed by atoms with Crippen molar-refractivity contribution in [2.45, 2.75) is 78.1 Å². The molecule has 2 aromatic carbocycles. The number of aryl methyl sites for hydroxylation is 2. The van der Waals surface area contributed by atoms with Gasteiger partial charge in [-0.2, -0.15) is 0 Å². The lowest BCUT2D eigenvalue weighted by Gasteiger charge is -2.28. The van der Waals surface area contributed by atoms with Gasteiger partial charge in [-0.1, -0.05) is 84.0 Å². The first-order chi connectivity index (χ1) is 14.2. The number of carbonyl (C=O) groups is 2. The zero-order valence-electron chi connectivity index (χ0n) is 19.8. The molecular formula is C26H38N2O3. The van der Waals surface area contributed by atoms with Crippen molar-refractivity contribution in [3.05, 3.63) is 64.7 Å². The highest BCUT2D eigenvalue weighted by Gasteiger charge is 2.26. The molecule has 0 saturated carbocycles. The van der Waals surface area contributed by atoms with Gasteiger partial charge in [0.1, 0.15) is 5.75 Å². The van der Waals surface area contributed by atoms with E-state index in [4.69, 9.17) is 11.5 Å². The summed E-state index contributed by atoms with van der Waals surface area (Å²) in [7, 11) is 0. The number of phenols is 1. The molecule has 0 radical (unpaired) electrons. The predicted molar refractivity (Wildman–Crippen MR) is 127 cm³/mol. The summed E-state index contributed by atoms with van der Waals surface area (Å²) in [6.07, 6.45) is 2.12. The highest BCUT2D eigenvalue weighted by molar-refractivity contribution is 5.74. The van der Waals surface area contributed by atoms with Crippen molar-refractivity contribution in [1.29, 1.82) is 0 Å². The molecule has 0 unspecified atom stereocenters. The topological polar surface area (TPSA) is 106 Å². The van der Waals surface area contributed by atoms with Gasteiger partial charge >= 0.3 is 0 Å². The molecule has 0 bridgehead atoms. The Bertz CT molecular complexity index is 841. The number of phenolic OH excluding ortho intramolecular Hbond substituents is 1. The minimum absolute atomic E-state index is 0.146. The van der Waals surface area contributed by atoms with Crippen molar-refractivity contribution in [3.63, 3.8) is 0 Å². The van der Waals surface area contributed by atoms with Crippen molar-refractivity contribution < 1.29 is 14.7 Å². The fourth-order valence-electron chi connectivity index (χ4n) is 3.16. The number of benzene rings is 2. The molecule has 0 heterocycles. The summed E-state index contributed by atoms with van der Waals surface area (Å²) in [5, 5.41) is 10.6. The largest absolute Gasteiger partial charge is 0.507 e. The third kappa shape index (κ3) is 9.24. The summed E-state index contributed by atoms with van der Waals surface area (Å²) >= 11 is 0. The van der Waals surface area contributed by atoms with E-state index in [0.29, 0.717) is 25.0 Å². The van der Waals surface area contributed by atoms with Crippen molar-refractivity contribution in [2.75, 3.05) is 0 Å². The molecule has 5 heteroatoms. The summed E-state index contributed by atoms with van der Waals surface area (Å²) in [6.45, 7) is 12.5. The van der Waals surface area contributed by atoms with Gasteiger partial charge in [0.05, 0.1) is 0 Å². The second kappa shape index (κ2) is 11.0. The molecule has 0 aromatic heterocycles. The Kier molecular flexibility index (Phi) is 9.29. The lowest BCUT2D eigenvalue weighted by atomic mass is 9.78. The van der Waals surface area contributed by atoms with Crippen LogP contribution < -0.4 is 11.5 Å². The molecule has 0 fully saturated rings. The Labute approximate surface area is 186 Å². The number of primary amides is 2. The van der Waals surface area contributed by atoms with E-state index in [-0.39, 0.29) is 22.6 Å². The van der Waals surface area contributed by atoms with Crippen LogP contribution in [-0.4, -0.2) is 16.9 Å². The van der Waals surface area contributed by atoms with E-state index < -0.39 is 0 Å². The second-order valence-corrected chi connectivity index (χ2v) is 9.96. The van der Waals surface area contributed by atoms with Gasteiger partial charge in [-0.3, -0.25) is 9.59 Å². The normalized spacial score (nSPS) is 11.4. The van der Waals surface area contributed by atoms with Crippen molar-refractivity contribution >= 4 is 11.8 Å². The minimum atomic E-state index is -0.298. The molecule has 0 aliphatic rings. The molecule has 0 atom stereocenters. The van der Waals surface area contributed by atoms with Crippen LogP contribution in [0.5, 0.6) is 5.75 Å². The number of hydrogen-bond donors (Lipinski definition) is 3. The average molecular weight is 427 g/mol. The van der Waals surface area contributed by atoms with Gasteiger partial charge in [0.15, 0.2) is 0 Å². The number of rotatable bonds is 6. The number of carbonyl (C=O) groups excluding carboxylic acids is 2. The van der Waals surface area contributed by atoms with Crippen LogP contribution in [0, 0.1) is 0 Å². The van der Waals surface area contributed by atoms with E-state index in [0.717, 1.165) is 28.7 Å². The number of hydrogen-bond acceptors (Lipinski definition) is 3. The maximum Gasteiger partial charge on any atom is 0.217 e. The third-order valence-electron chi connectivity index (χ3n) is 4.95. The monoisotopic (exact) mass is 426 g/mol. The zero-order valence-corrected chi connectivity index (χ0v) is 19.8. The molecule has 2 amide bonds. The second-order valence-electron chi connectivity index (χ2n) is 9.96. The predicted octanol–water partition coefficient (Wildman–Crippen LogP) is 4.51. The van der Waals surface area contributed by atoms with Crippen LogP contribution in [0.4, 0.5) is 0 Å². The highest BCUT2D eigenvalue weighted by atomic mass is 16.3. The van der Waals surface area contributed by atoms with Gasteiger partial charge in [0, 0.05) is 12.8 Å². The lowest BCUT2D eigenvalue weighted by molar-refractivity contribution is -0.118. The van der Waals surface area contributed by atoms with E-state index in [1.54, 1.807) is 0 Å². The molecule has 2 aromatic rings. The van der Waals surface area contributed by atoms with Gasteiger partial charge in [-0.25, -0.2) is 0 Å². The number of nitrogens with two attached hydrogens (primary N) is 2. The Balaban J connectivity index is 0.000000367. The molecule has 0 aliphatic carbocycles. The summed E-state index contributed by atoms with van der Waals surface area (Å²) in [4.78, 5) is 21.4. The van der Waals surface area contributed by atoms with Crippen molar-refractivity contribution in [1.82, 2.24) is 0 Å². The molecule has 170 valence electrons. The van der Waals surface area contributed by atoms with Gasteiger partial charge in [0.25, 0.3) is 0 Å². The minimum Gasteiger partial charge on any atom is -0.507 e. The summed E-state index contributed by atoms with van der Waals surface area (Å²) in [6, 6.07) is 13.8. The van der Waals surface area contributed by atoms with Gasteiger partial charge < -0.3 is 16.6 Å². The molecule has 5 N–H and O–H groups in total. The van der Waals surface area contributed by atoms with E-state index in [1.807, 2.05) is 42.5 Å². The Morgan fingerprint density at radius 2 is 1.13 bits per heavy atom. The van der Waals surface area contributed by atoms with Crippen LogP contribution in [0.1, 0.15) is 76.6 Å². The smallest absolute Gasteiger partial charge is 0.217 e. The van der Waals surface area contributed by atoms with Crippen molar-refractivity contribution in [2.24, 2.45) is 11.5 Å². The Morgan fingerprint density at radius 1 is 0.742 bits per heavy atom. The van der Waals surface area contributed by atoms with E-state index in [1.165, 1.54) is 0 Å². The lowest BCUT2D eigenvalue weighted by Crippen LogP contribution is -2.18. The highest BCUT2D eigenvalue weighted by Crippen LogP contribution is 2.39. The first kappa shape index (κ1) is 26.2. The van der Waals surface area contributed by atoms with Crippen LogP contribution in [-0.2, 0) is 33.3 Å².